The molecule has 1 heterocycles. The summed E-state index contributed by atoms with van der Waals surface area (Å²) >= 11 is 0. The minimum absolute atomic E-state index is 0.571. The molecular formula is C19H30N2. The van der Waals surface area contributed by atoms with E-state index < -0.39 is 0 Å². The van der Waals surface area contributed by atoms with Gasteiger partial charge in [-0.2, -0.15) is 0 Å². The molecule has 116 valence electrons. The van der Waals surface area contributed by atoms with Gasteiger partial charge in [-0.15, -0.1) is 0 Å². The first-order chi connectivity index (χ1) is 10.3. The molecule has 4 atom stereocenters. The van der Waals surface area contributed by atoms with Crippen molar-refractivity contribution < 1.29 is 0 Å². The third kappa shape index (κ3) is 4.08. The van der Waals surface area contributed by atoms with Gasteiger partial charge < -0.3 is 10.6 Å². The van der Waals surface area contributed by atoms with Crippen molar-refractivity contribution in [3.8, 4) is 0 Å². The number of nitrogens with one attached hydrogen (secondary N) is 2. The lowest BCUT2D eigenvalue weighted by Gasteiger charge is -2.34. The summed E-state index contributed by atoms with van der Waals surface area (Å²) in [6, 6.07) is 12.9. The van der Waals surface area contributed by atoms with Crippen LogP contribution in [-0.2, 0) is 6.42 Å². The monoisotopic (exact) mass is 286 g/mol. The third-order valence-electron chi connectivity index (χ3n) is 5.32. The van der Waals surface area contributed by atoms with Crippen LogP contribution in [-0.4, -0.2) is 24.7 Å². The molecule has 1 aromatic rings. The van der Waals surface area contributed by atoms with Crippen molar-refractivity contribution >= 4 is 0 Å². The van der Waals surface area contributed by atoms with E-state index in [0.717, 1.165) is 24.4 Å². The largest absolute Gasteiger partial charge is 0.314 e. The summed E-state index contributed by atoms with van der Waals surface area (Å²) < 4.78 is 0. The van der Waals surface area contributed by atoms with E-state index in [-0.39, 0.29) is 0 Å². The second kappa shape index (κ2) is 7.42. The molecule has 2 fully saturated rings. The Morgan fingerprint density at radius 2 is 1.95 bits per heavy atom. The lowest BCUT2D eigenvalue weighted by molar-refractivity contribution is 0.248. The van der Waals surface area contributed by atoms with Crippen LogP contribution in [0.4, 0.5) is 0 Å². The third-order valence-corrected chi connectivity index (χ3v) is 5.32. The Kier molecular flexibility index (Phi) is 5.32. The molecule has 4 unspecified atom stereocenters. The Labute approximate surface area is 129 Å². The molecule has 2 heteroatoms. The van der Waals surface area contributed by atoms with Gasteiger partial charge in [0, 0.05) is 18.1 Å². The van der Waals surface area contributed by atoms with Crippen molar-refractivity contribution in [2.24, 2.45) is 5.92 Å². The summed E-state index contributed by atoms with van der Waals surface area (Å²) in [6.45, 7) is 3.57. The summed E-state index contributed by atoms with van der Waals surface area (Å²) in [6.07, 6.45) is 9.48. The van der Waals surface area contributed by atoms with E-state index in [1.165, 1.54) is 50.6 Å². The number of benzene rings is 1. The van der Waals surface area contributed by atoms with E-state index in [9.17, 15) is 0 Å². The molecule has 0 aromatic heterocycles. The number of rotatable bonds is 5. The standard InChI is InChI=1S/C19H30N2/c1-15(14-16-8-3-2-4-9-16)21-19-12-7-10-17(19)18-11-5-6-13-20-18/h2-4,8-9,15,17-21H,5-7,10-14H2,1H3. The molecule has 0 bridgehead atoms. The smallest absolute Gasteiger partial charge is 0.0113 e. The molecule has 21 heavy (non-hydrogen) atoms. The maximum absolute atomic E-state index is 3.93. The quantitative estimate of drug-likeness (QED) is 0.865. The fourth-order valence-electron chi connectivity index (χ4n) is 4.31. The van der Waals surface area contributed by atoms with E-state index in [4.69, 9.17) is 0 Å². The second-order valence-corrected chi connectivity index (χ2v) is 7.02. The molecule has 2 N–H and O–H groups in total. The average molecular weight is 286 g/mol. The predicted octanol–water partition coefficient (Wildman–Crippen LogP) is 3.52. The van der Waals surface area contributed by atoms with Crippen LogP contribution in [0.15, 0.2) is 30.3 Å². The first-order valence-electron chi connectivity index (χ1n) is 8.86. The van der Waals surface area contributed by atoms with Crippen LogP contribution in [0.1, 0.15) is 51.0 Å². The van der Waals surface area contributed by atoms with Gasteiger partial charge in [0.15, 0.2) is 0 Å². The van der Waals surface area contributed by atoms with Crippen molar-refractivity contribution in [3.05, 3.63) is 35.9 Å². The van der Waals surface area contributed by atoms with Gasteiger partial charge in [-0.05, 0) is 57.1 Å². The van der Waals surface area contributed by atoms with Gasteiger partial charge in [-0.3, -0.25) is 0 Å². The lowest BCUT2D eigenvalue weighted by atomic mass is 9.88. The Bertz CT molecular complexity index is 411. The summed E-state index contributed by atoms with van der Waals surface area (Å²) in [5, 5.41) is 7.71. The predicted molar refractivity (Wildman–Crippen MR) is 89.5 cm³/mol. The van der Waals surface area contributed by atoms with Crippen LogP contribution in [0.2, 0.25) is 0 Å². The highest BCUT2D eigenvalue weighted by molar-refractivity contribution is 5.15. The summed E-state index contributed by atoms with van der Waals surface area (Å²) in [5.41, 5.74) is 1.45. The van der Waals surface area contributed by atoms with Crippen LogP contribution < -0.4 is 10.6 Å². The van der Waals surface area contributed by atoms with Gasteiger partial charge >= 0.3 is 0 Å². The molecular weight excluding hydrogens is 256 g/mol. The maximum Gasteiger partial charge on any atom is 0.0113 e. The van der Waals surface area contributed by atoms with Gasteiger partial charge in [0.25, 0.3) is 0 Å². The first kappa shape index (κ1) is 15.1. The fourth-order valence-corrected chi connectivity index (χ4v) is 4.31. The molecule has 2 nitrogen and oxygen atoms in total. The molecule has 1 aliphatic heterocycles. The molecule has 2 aliphatic rings. The zero-order chi connectivity index (χ0) is 14.5. The van der Waals surface area contributed by atoms with E-state index in [1.54, 1.807) is 0 Å². The zero-order valence-corrected chi connectivity index (χ0v) is 13.4. The highest BCUT2D eigenvalue weighted by Gasteiger charge is 2.34. The first-order valence-corrected chi connectivity index (χ1v) is 8.86. The molecule has 0 radical (unpaired) electrons. The Hall–Kier alpha value is -0.860. The maximum atomic E-state index is 3.93. The normalized spacial score (nSPS) is 31.2. The zero-order valence-electron chi connectivity index (χ0n) is 13.4. The van der Waals surface area contributed by atoms with E-state index in [0.29, 0.717) is 6.04 Å². The van der Waals surface area contributed by atoms with Crippen LogP contribution in [0, 0.1) is 5.92 Å². The number of piperidine rings is 1. The Balaban J connectivity index is 1.53. The van der Waals surface area contributed by atoms with Crippen molar-refractivity contribution in [2.45, 2.75) is 70.0 Å². The van der Waals surface area contributed by atoms with Crippen LogP contribution >= 0.6 is 0 Å². The van der Waals surface area contributed by atoms with Gasteiger partial charge in [0.1, 0.15) is 0 Å². The van der Waals surface area contributed by atoms with Crippen LogP contribution in [0.3, 0.4) is 0 Å². The van der Waals surface area contributed by atoms with Gasteiger partial charge in [-0.25, -0.2) is 0 Å². The van der Waals surface area contributed by atoms with Crippen LogP contribution in [0.25, 0.3) is 0 Å². The minimum atomic E-state index is 0.571. The molecule has 1 saturated heterocycles. The average Bonchev–Trinajstić information content (AvgIpc) is 2.97. The lowest BCUT2D eigenvalue weighted by Crippen LogP contribution is -2.49. The van der Waals surface area contributed by atoms with Crippen molar-refractivity contribution in [3.63, 3.8) is 0 Å². The van der Waals surface area contributed by atoms with E-state index in [2.05, 4.69) is 47.9 Å². The minimum Gasteiger partial charge on any atom is -0.314 e. The van der Waals surface area contributed by atoms with E-state index in [1.807, 2.05) is 0 Å². The van der Waals surface area contributed by atoms with Gasteiger partial charge in [0.05, 0.1) is 0 Å². The topological polar surface area (TPSA) is 24.1 Å². The summed E-state index contributed by atoms with van der Waals surface area (Å²) in [7, 11) is 0. The Morgan fingerprint density at radius 3 is 2.71 bits per heavy atom. The van der Waals surface area contributed by atoms with Crippen molar-refractivity contribution in [2.75, 3.05) is 6.54 Å². The number of hydrogen-bond donors (Lipinski definition) is 2. The van der Waals surface area contributed by atoms with Gasteiger partial charge in [0.2, 0.25) is 0 Å². The second-order valence-electron chi connectivity index (χ2n) is 7.02. The highest BCUT2D eigenvalue weighted by atomic mass is 15.0. The van der Waals surface area contributed by atoms with E-state index >= 15 is 0 Å². The van der Waals surface area contributed by atoms with Crippen LogP contribution in [0.5, 0.6) is 0 Å². The van der Waals surface area contributed by atoms with Gasteiger partial charge in [-0.1, -0.05) is 43.2 Å². The molecule has 0 amide bonds. The summed E-state index contributed by atoms with van der Waals surface area (Å²) in [5.74, 6) is 0.850. The molecule has 1 saturated carbocycles. The van der Waals surface area contributed by atoms with Crippen molar-refractivity contribution in [1.29, 1.82) is 0 Å². The summed E-state index contributed by atoms with van der Waals surface area (Å²) in [4.78, 5) is 0. The Morgan fingerprint density at radius 1 is 1.10 bits per heavy atom. The fraction of sp³-hybridized carbons (Fsp3) is 0.684. The number of hydrogen-bond acceptors (Lipinski definition) is 2. The van der Waals surface area contributed by atoms with Crippen molar-refractivity contribution in [1.82, 2.24) is 10.6 Å². The SMILES string of the molecule is CC(Cc1ccccc1)NC1CCCC1C1CCCCN1. The molecule has 1 aromatic carbocycles. The molecule has 0 spiro atoms. The molecule has 1 aliphatic carbocycles. The molecule has 3 rings (SSSR count). The highest BCUT2D eigenvalue weighted by Crippen LogP contribution is 2.32.